The van der Waals surface area contributed by atoms with Crippen LogP contribution in [-0.2, 0) is 12.8 Å². The quantitative estimate of drug-likeness (QED) is 0.941. The van der Waals surface area contributed by atoms with Gasteiger partial charge in [0.05, 0.1) is 12.7 Å². The van der Waals surface area contributed by atoms with E-state index in [1.54, 1.807) is 0 Å². The fraction of sp³-hybridized carbons (Fsp3) is 0.235. The van der Waals surface area contributed by atoms with Crippen LogP contribution in [0.2, 0.25) is 0 Å². The predicted molar refractivity (Wildman–Crippen MR) is 78.1 cm³/mol. The summed E-state index contributed by atoms with van der Waals surface area (Å²) in [5.41, 5.74) is 2.75. The first-order chi connectivity index (χ1) is 10.2. The average Bonchev–Trinajstić information content (AvgIpc) is 2.89. The molecule has 2 aromatic carbocycles. The maximum absolute atomic E-state index is 13.3. The Hall–Kier alpha value is -2.36. The number of carbonyl (C=O) groups excluding carboxylic acids is 1. The second kappa shape index (κ2) is 5.56. The molecule has 0 aromatic heterocycles. The van der Waals surface area contributed by atoms with E-state index in [0.717, 1.165) is 12.8 Å². The van der Waals surface area contributed by atoms with E-state index in [1.807, 2.05) is 12.1 Å². The molecule has 4 heteroatoms. The van der Waals surface area contributed by atoms with Crippen molar-refractivity contribution < 1.29 is 13.9 Å². The first kappa shape index (κ1) is 13.6. The van der Waals surface area contributed by atoms with Crippen LogP contribution < -0.4 is 10.1 Å². The van der Waals surface area contributed by atoms with Crippen LogP contribution in [0.5, 0.6) is 5.75 Å². The van der Waals surface area contributed by atoms with Gasteiger partial charge in [0.25, 0.3) is 5.91 Å². The molecule has 1 amide bonds. The number of benzene rings is 2. The molecule has 0 saturated carbocycles. The molecule has 0 radical (unpaired) electrons. The van der Waals surface area contributed by atoms with Crippen molar-refractivity contribution in [3.8, 4) is 5.75 Å². The third kappa shape index (κ3) is 2.75. The van der Waals surface area contributed by atoms with Crippen molar-refractivity contribution in [2.45, 2.75) is 18.9 Å². The van der Waals surface area contributed by atoms with E-state index < -0.39 is 5.82 Å². The Kier molecular flexibility index (Phi) is 3.60. The van der Waals surface area contributed by atoms with Gasteiger partial charge in [-0.3, -0.25) is 4.79 Å². The van der Waals surface area contributed by atoms with Gasteiger partial charge in [0, 0.05) is 6.04 Å². The van der Waals surface area contributed by atoms with Gasteiger partial charge in [-0.05, 0) is 42.2 Å². The second-order valence-electron chi connectivity index (χ2n) is 5.19. The van der Waals surface area contributed by atoms with Crippen molar-refractivity contribution in [2.24, 2.45) is 0 Å². The molecule has 0 heterocycles. The Labute approximate surface area is 122 Å². The normalized spacial score (nSPS) is 13.8. The van der Waals surface area contributed by atoms with Gasteiger partial charge in [-0.1, -0.05) is 24.3 Å². The lowest BCUT2D eigenvalue weighted by Crippen LogP contribution is -2.35. The number of ether oxygens (including phenoxy) is 1. The lowest BCUT2D eigenvalue weighted by molar-refractivity contribution is 0.0935. The molecule has 0 aliphatic heterocycles. The molecule has 0 fully saturated rings. The zero-order valence-corrected chi connectivity index (χ0v) is 11.7. The fourth-order valence-corrected chi connectivity index (χ4v) is 2.78. The highest BCUT2D eigenvalue weighted by atomic mass is 19.1. The molecule has 3 rings (SSSR count). The first-order valence-electron chi connectivity index (χ1n) is 6.88. The summed E-state index contributed by atoms with van der Waals surface area (Å²) in [5.74, 6) is -0.371. The van der Waals surface area contributed by atoms with E-state index >= 15 is 0 Å². The van der Waals surface area contributed by atoms with Crippen molar-refractivity contribution in [1.82, 2.24) is 5.32 Å². The molecule has 0 bridgehead atoms. The lowest BCUT2D eigenvalue weighted by Gasteiger charge is -2.14. The van der Waals surface area contributed by atoms with E-state index in [9.17, 15) is 9.18 Å². The summed E-state index contributed by atoms with van der Waals surface area (Å²) in [6, 6.07) is 12.1. The van der Waals surface area contributed by atoms with Gasteiger partial charge in [-0.15, -0.1) is 0 Å². The fourth-order valence-electron chi connectivity index (χ4n) is 2.78. The highest BCUT2D eigenvalue weighted by molar-refractivity contribution is 5.97. The summed E-state index contributed by atoms with van der Waals surface area (Å²) in [7, 11) is 1.47. The van der Waals surface area contributed by atoms with Gasteiger partial charge in [0.2, 0.25) is 0 Å². The van der Waals surface area contributed by atoms with Gasteiger partial charge in [-0.25, -0.2) is 4.39 Å². The minimum atomic E-state index is -0.448. The zero-order valence-electron chi connectivity index (χ0n) is 11.7. The van der Waals surface area contributed by atoms with E-state index in [2.05, 4.69) is 17.4 Å². The van der Waals surface area contributed by atoms with Crippen molar-refractivity contribution in [2.75, 3.05) is 7.11 Å². The third-order valence-corrected chi connectivity index (χ3v) is 3.79. The maximum atomic E-state index is 13.3. The molecule has 1 aliphatic rings. The molecule has 0 spiro atoms. The van der Waals surface area contributed by atoms with E-state index in [1.165, 1.54) is 36.4 Å². The Morgan fingerprint density at radius 3 is 2.48 bits per heavy atom. The Bertz CT molecular complexity index is 659. The lowest BCUT2D eigenvalue weighted by atomic mass is 10.1. The number of nitrogens with one attached hydrogen (secondary N) is 1. The number of carbonyl (C=O) groups is 1. The van der Waals surface area contributed by atoms with Crippen LogP contribution in [0.25, 0.3) is 0 Å². The summed E-state index contributed by atoms with van der Waals surface area (Å²) in [6.07, 6.45) is 1.61. The van der Waals surface area contributed by atoms with Crippen molar-refractivity contribution >= 4 is 5.91 Å². The number of methoxy groups -OCH3 is 1. The van der Waals surface area contributed by atoms with Crippen LogP contribution in [-0.4, -0.2) is 19.1 Å². The maximum Gasteiger partial charge on any atom is 0.255 e. The molecule has 0 atom stereocenters. The van der Waals surface area contributed by atoms with Crippen molar-refractivity contribution in [3.05, 3.63) is 65.0 Å². The standard InChI is InChI=1S/C17H16FNO2/c1-21-16-7-6-13(18)10-15(16)17(20)19-14-8-11-4-2-3-5-12(11)9-14/h2-7,10,14H,8-9H2,1H3,(H,19,20). The number of halogens is 1. The second-order valence-corrected chi connectivity index (χ2v) is 5.19. The SMILES string of the molecule is COc1ccc(F)cc1C(=O)NC1Cc2ccccc2C1. The van der Waals surface area contributed by atoms with Crippen LogP contribution in [0.4, 0.5) is 4.39 Å². The van der Waals surface area contributed by atoms with E-state index in [4.69, 9.17) is 4.74 Å². The molecular formula is C17H16FNO2. The summed E-state index contributed by atoms with van der Waals surface area (Å²) >= 11 is 0. The molecular weight excluding hydrogens is 269 g/mol. The predicted octanol–water partition coefficient (Wildman–Crippen LogP) is 2.73. The summed E-state index contributed by atoms with van der Waals surface area (Å²) in [5, 5.41) is 2.96. The van der Waals surface area contributed by atoms with E-state index in [0.29, 0.717) is 5.75 Å². The monoisotopic (exact) mass is 285 g/mol. The topological polar surface area (TPSA) is 38.3 Å². The van der Waals surface area contributed by atoms with Gasteiger partial charge in [0.15, 0.2) is 0 Å². The zero-order chi connectivity index (χ0) is 14.8. The Balaban J connectivity index is 1.75. The third-order valence-electron chi connectivity index (χ3n) is 3.79. The highest BCUT2D eigenvalue weighted by Crippen LogP contribution is 2.23. The number of hydrogen-bond donors (Lipinski definition) is 1. The Morgan fingerprint density at radius 1 is 1.19 bits per heavy atom. The molecule has 0 saturated heterocycles. The molecule has 108 valence electrons. The molecule has 2 aromatic rings. The first-order valence-corrected chi connectivity index (χ1v) is 6.88. The van der Waals surface area contributed by atoms with Crippen molar-refractivity contribution in [3.63, 3.8) is 0 Å². The summed E-state index contributed by atoms with van der Waals surface area (Å²) < 4.78 is 18.5. The van der Waals surface area contributed by atoms with Crippen LogP contribution in [0.15, 0.2) is 42.5 Å². The molecule has 3 nitrogen and oxygen atoms in total. The largest absolute Gasteiger partial charge is 0.496 e. The average molecular weight is 285 g/mol. The van der Waals surface area contributed by atoms with Crippen LogP contribution >= 0.6 is 0 Å². The number of rotatable bonds is 3. The highest BCUT2D eigenvalue weighted by Gasteiger charge is 2.24. The minimum Gasteiger partial charge on any atom is -0.496 e. The van der Waals surface area contributed by atoms with Gasteiger partial charge < -0.3 is 10.1 Å². The summed E-state index contributed by atoms with van der Waals surface area (Å²) in [6.45, 7) is 0. The van der Waals surface area contributed by atoms with Gasteiger partial charge in [0.1, 0.15) is 11.6 Å². The molecule has 0 unspecified atom stereocenters. The molecule has 1 N–H and O–H groups in total. The summed E-state index contributed by atoms with van der Waals surface area (Å²) in [4.78, 5) is 12.3. The smallest absolute Gasteiger partial charge is 0.255 e. The molecule has 1 aliphatic carbocycles. The van der Waals surface area contributed by atoms with E-state index in [-0.39, 0.29) is 17.5 Å². The van der Waals surface area contributed by atoms with Gasteiger partial charge >= 0.3 is 0 Å². The van der Waals surface area contributed by atoms with Crippen molar-refractivity contribution in [1.29, 1.82) is 0 Å². The van der Waals surface area contributed by atoms with Crippen LogP contribution in [0.1, 0.15) is 21.5 Å². The number of amides is 1. The molecule has 21 heavy (non-hydrogen) atoms. The number of fused-ring (bicyclic) bond motifs is 1. The minimum absolute atomic E-state index is 0.0443. The van der Waals surface area contributed by atoms with Crippen LogP contribution in [0.3, 0.4) is 0 Å². The van der Waals surface area contributed by atoms with Gasteiger partial charge in [-0.2, -0.15) is 0 Å². The van der Waals surface area contributed by atoms with Crippen LogP contribution in [0, 0.1) is 5.82 Å². The Morgan fingerprint density at radius 2 is 1.86 bits per heavy atom. The number of hydrogen-bond acceptors (Lipinski definition) is 2.